The van der Waals surface area contributed by atoms with Crippen LogP contribution in [0, 0.1) is 17.1 Å². The number of benzene rings is 5. The normalized spacial score (nSPS) is 12.3. The molecule has 5 aromatic carbocycles. The first-order valence-electron chi connectivity index (χ1n) is 15.3. The SMILES string of the molecule is CCOC(=O)c1ccc(-c2cccc(-c3c(-c4ccccc4C#N)c4cc(F)ccc4n3S(=O)(=O)c3ccc(C(F)F)cc3)c2)c2c1OCO2. The number of fused-ring (bicyclic) bond motifs is 2. The van der Waals surface area contributed by atoms with Gasteiger partial charge in [-0.3, -0.25) is 0 Å². The first kappa shape index (κ1) is 32.5. The topological polar surface area (TPSA) is 108 Å². The Morgan fingerprint density at radius 3 is 2.38 bits per heavy atom. The number of nitriles is 1. The molecule has 1 aliphatic rings. The van der Waals surface area contributed by atoms with E-state index in [1.807, 2.05) is 0 Å². The molecular formula is C38H25F3N2O6S. The Hall–Kier alpha value is -6.06. The zero-order chi connectivity index (χ0) is 35.2. The quantitative estimate of drug-likeness (QED) is 0.147. The Bertz CT molecular complexity index is 2470. The number of nitrogens with zero attached hydrogens (tertiary/aromatic N) is 2. The van der Waals surface area contributed by atoms with Gasteiger partial charge in [0, 0.05) is 33.2 Å². The van der Waals surface area contributed by atoms with Crippen molar-refractivity contribution in [2.24, 2.45) is 0 Å². The summed E-state index contributed by atoms with van der Waals surface area (Å²) in [7, 11) is -4.54. The Labute approximate surface area is 284 Å². The number of ether oxygens (including phenoxy) is 3. The zero-order valence-corrected chi connectivity index (χ0v) is 27.0. The lowest BCUT2D eigenvalue weighted by Gasteiger charge is -2.16. The molecule has 1 aliphatic heterocycles. The minimum atomic E-state index is -4.54. The van der Waals surface area contributed by atoms with Crippen LogP contribution in [0.25, 0.3) is 44.4 Å². The van der Waals surface area contributed by atoms with Gasteiger partial charge in [-0.1, -0.05) is 48.5 Å². The summed E-state index contributed by atoms with van der Waals surface area (Å²) in [5.41, 5.74) is 2.31. The van der Waals surface area contributed by atoms with Crippen LogP contribution in [0.15, 0.2) is 108 Å². The number of hydrogen-bond acceptors (Lipinski definition) is 7. The summed E-state index contributed by atoms with van der Waals surface area (Å²) in [6.45, 7) is 1.70. The van der Waals surface area contributed by atoms with Crippen LogP contribution in [-0.2, 0) is 14.8 Å². The molecule has 0 spiro atoms. The number of aromatic nitrogens is 1. The van der Waals surface area contributed by atoms with E-state index >= 15 is 0 Å². The molecule has 7 rings (SSSR count). The van der Waals surface area contributed by atoms with Gasteiger partial charge in [-0.05, 0) is 67.1 Å². The lowest BCUT2D eigenvalue weighted by molar-refractivity contribution is 0.0521. The first-order chi connectivity index (χ1) is 24.1. The molecule has 0 atom stereocenters. The van der Waals surface area contributed by atoms with Crippen molar-refractivity contribution < 1.29 is 40.6 Å². The van der Waals surface area contributed by atoms with Crippen LogP contribution in [-0.4, -0.2) is 31.8 Å². The van der Waals surface area contributed by atoms with E-state index in [1.165, 1.54) is 12.1 Å². The van der Waals surface area contributed by atoms with Crippen LogP contribution in [0.4, 0.5) is 13.2 Å². The smallest absolute Gasteiger partial charge is 0.342 e. The summed E-state index contributed by atoms with van der Waals surface area (Å²) >= 11 is 0. The molecule has 12 heteroatoms. The zero-order valence-electron chi connectivity index (χ0n) is 26.2. The molecule has 50 heavy (non-hydrogen) atoms. The maximum Gasteiger partial charge on any atom is 0.342 e. The predicted molar refractivity (Wildman–Crippen MR) is 179 cm³/mol. The van der Waals surface area contributed by atoms with E-state index in [9.17, 15) is 31.6 Å². The molecule has 1 aromatic heterocycles. The fourth-order valence-corrected chi connectivity index (χ4v) is 7.68. The minimum absolute atomic E-state index is 0.101. The van der Waals surface area contributed by atoms with Gasteiger partial charge in [0.1, 0.15) is 11.4 Å². The monoisotopic (exact) mass is 694 g/mol. The molecule has 250 valence electrons. The average Bonchev–Trinajstić information content (AvgIpc) is 3.75. The van der Waals surface area contributed by atoms with Gasteiger partial charge in [-0.2, -0.15) is 5.26 Å². The summed E-state index contributed by atoms with van der Waals surface area (Å²) < 4.78 is 88.7. The third-order valence-corrected chi connectivity index (χ3v) is 10.1. The molecule has 0 unspecified atom stereocenters. The number of rotatable bonds is 8. The highest BCUT2D eigenvalue weighted by Gasteiger charge is 2.31. The maximum atomic E-state index is 15.0. The fourth-order valence-electron chi connectivity index (χ4n) is 6.14. The predicted octanol–water partition coefficient (Wildman–Crippen LogP) is 8.73. The molecule has 0 N–H and O–H groups in total. The van der Waals surface area contributed by atoms with Crippen molar-refractivity contribution in [2.45, 2.75) is 18.2 Å². The van der Waals surface area contributed by atoms with Crippen LogP contribution in [0.1, 0.15) is 34.8 Å². The van der Waals surface area contributed by atoms with E-state index < -0.39 is 28.2 Å². The fraction of sp³-hybridized carbons (Fsp3) is 0.105. The van der Waals surface area contributed by atoms with E-state index in [-0.39, 0.29) is 68.6 Å². The number of esters is 1. The third kappa shape index (κ3) is 5.41. The number of alkyl halides is 2. The van der Waals surface area contributed by atoms with Gasteiger partial charge in [0.05, 0.1) is 34.3 Å². The molecular weight excluding hydrogens is 669 g/mol. The van der Waals surface area contributed by atoms with Crippen molar-refractivity contribution in [1.29, 1.82) is 5.26 Å². The maximum absolute atomic E-state index is 15.0. The Balaban J connectivity index is 1.53. The number of halogens is 3. The average molecular weight is 695 g/mol. The second kappa shape index (κ2) is 12.8. The van der Waals surface area contributed by atoms with E-state index in [0.29, 0.717) is 22.3 Å². The van der Waals surface area contributed by atoms with E-state index in [0.717, 1.165) is 34.3 Å². The van der Waals surface area contributed by atoms with Crippen molar-refractivity contribution in [2.75, 3.05) is 13.4 Å². The van der Waals surface area contributed by atoms with Gasteiger partial charge in [-0.15, -0.1) is 0 Å². The van der Waals surface area contributed by atoms with Gasteiger partial charge in [0.2, 0.25) is 6.79 Å². The van der Waals surface area contributed by atoms with Crippen molar-refractivity contribution in [3.8, 4) is 51.1 Å². The molecule has 0 radical (unpaired) electrons. The number of carbonyl (C=O) groups is 1. The lowest BCUT2D eigenvalue weighted by Crippen LogP contribution is -2.14. The second-order valence-corrected chi connectivity index (χ2v) is 13.0. The highest BCUT2D eigenvalue weighted by Crippen LogP contribution is 2.47. The van der Waals surface area contributed by atoms with Gasteiger partial charge in [0.25, 0.3) is 16.4 Å². The first-order valence-corrected chi connectivity index (χ1v) is 16.8. The molecule has 8 nitrogen and oxygen atoms in total. The Kier molecular flexibility index (Phi) is 8.29. The van der Waals surface area contributed by atoms with E-state index in [2.05, 4.69) is 6.07 Å². The summed E-state index contributed by atoms with van der Waals surface area (Å²) in [6, 6.07) is 26.7. The van der Waals surface area contributed by atoms with Gasteiger partial charge < -0.3 is 14.2 Å². The van der Waals surface area contributed by atoms with Gasteiger partial charge >= 0.3 is 5.97 Å². The molecule has 6 aromatic rings. The molecule has 0 aliphatic carbocycles. The lowest BCUT2D eigenvalue weighted by atomic mass is 9.93. The Morgan fingerprint density at radius 1 is 0.900 bits per heavy atom. The molecule has 0 saturated heterocycles. The van der Waals surface area contributed by atoms with Crippen molar-refractivity contribution in [3.63, 3.8) is 0 Å². The highest BCUT2D eigenvalue weighted by atomic mass is 32.2. The molecule has 0 amide bonds. The van der Waals surface area contributed by atoms with Crippen LogP contribution >= 0.6 is 0 Å². The molecule has 2 heterocycles. The summed E-state index contributed by atoms with van der Waals surface area (Å²) in [4.78, 5) is 12.3. The number of carbonyl (C=O) groups excluding carboxylic acids is 1. The van der Waals surface area contributed by atoms with E-state index in [1.54, 1.807) is 67.6 Å². The summed E-state index contributed by atoms with van der Waals surface area (Å²) in [5, 5.41) is 10.3. The van der Waals surface area contributed by atoms with Crippen molar-refractivity contribution in [1.82, 2.24) is 3.97 Å². The van der Waals surface area contributed by atoms with Gasteiger partial charge in [0.15, 0.2) is 11.5 Å². The van der Waals surface area contributed by atoms with Crippen LogP contribution in [0.5, 0.6) is 11.5 Å². The minimum Gasteiger partial charge on any atom is -0.462 e. The highest BCUT2D eigenvalue weighted by molar-refractivity contribution is 7.90. The summed E-state index contributed by atoms with van der Waals surface area (Å²) in [6.07, 6.45) is -2.81. The number of hydrogen-bond donors (Lipinski definition) is 0. The third-order valence-electron chi connectivity index (χ3n) is 8.33. The van der Waals surface area contributed by atoms with Crippen molar-refractivity contribution >= 4 is 26.9 Å². The molecule has 0 fully saturated rings. The van der Waals surface area contributed by atoms with E-state index in [4.69, 9.17) is 14.2 Å². The largest absolute Gasteiger partial charge is 0.462 e. The second-order valence-electron chi connectivity index (χ2n) is 11.2. The molecule has 0 bridgehead atoms. The van der Waals surface area contributed by atoms with Crippen LogP contribution in [0.2, 0.25) is 0 Å². The molecule has 0 saturated carbocycles. The standard InChI is InChI=1S/C38H25F3N2O6S/c1-2-47-38(44)30-16-15-29(35-36(30)49-21-48-35)23-7-5-8-24(18-23)34-33(28-9-4-3-6-25(28)20-42)31-19-26(39)12-17-32(31)43(34)50(45,46)27-13-10-22(11-14-27)37(40)41/h3-19,37H,2,21H2,1H3. The Morgan fingerprint density at radius 2 is 1.64 bits per heavy atom. The van der Waals surface area contributed by atoms with Crippen LogP contribution < -0.4 is 9.47 Å². The van der Waals surface area contributed by atoms with Crippen LogP contribution in [0.3, 0.4) is 0 Å². The summed E-state index contributed by atoms with van der Waals surface area (Å²) in [5.74, 6) is -0.732. The van der Waals surface area contributed by atoms with Crippen molar-refractivity contribution in [3.05, 3.63) is 126 Å². The van der Waals surface area contributed by atoms with Gasteiger partial charge in [-0.25, -0.2) is 30.4 Å².